The Morgan fingerprint density at radius 1 is 1.45 bits per heavy atom. The van der Waals surface area contributed by atoms with Crippen LogP contribution in [0.3, 0.4) is 0 Å². The number of nitrogens with one attached hydrogen (secondary N) is 1. The predicted molar refractivity (Wildman–Crippen MR) is 76.9 cm³/mol. The summed E-state index contributed by atoms with van der Waals surface area (Å²) in [6, 6.07) is 3.31. The Labute approximate surface area is 128 Å². The van der Waals surface area contributed by atoms with Gasteiger partial charge in [0.1, 0.15) is 6.04 Å². The van der Waals surface area contributed by atoms with E-state index in [4.69, 9.17) is 16.7 Å². The number of likely N-dealkylation sites (tertiary alicyclic amines) is 1. The molecule has 8 heteroatoms. The number of rotatable bonds is 2. The average molecular weight is 364 g/mol. The number of carboxylic acid groups (broad SMARTS) is 1. The van der Waals surface area contributed by atoms with Gasteiger partial charge in [-0.1, -0.05) is 27.5 Å². The summed E-state index contributed by atoms with van der Waals surface area (Å²) in [5.74, 6) is -1.14. The summed E-state index contributed by atoms with van der Waals surface area (Å²) >= 11 is 9.21. The lowest BCUT2D eigenvalue weighted by atomic mass is 10.2. The lowest BCUT2D eigenvalue weighted by molar-refractivity contribution is -0.141. The highest BCUT2D eigenvalue weighted by Crippen LogP contribution is 2.27. The Balaban J connectivity index is 2.15. The third kappa shape index (κ3) is 3.23. The van der Waals surface area contributed by atoms with Gasteiger partial charge in [0.05, 0.1) is 16.8 Å². The van der Waals surface area contributed by atoms with E-state index in [0.717, 1.165) is 9.37 Å². The fourth-order valence-electron chi connectivity index (χ4n) is 2.05. The summed E-state index contributed by atoms with van der Waals surface area (Å²) in [4.78, 5) is 24.3. The molecule has 2 rings (SSSR count). The van der Waals surface area contributed by atoms with Gasteiger partial charge in [-0.3, -0.25) is 0 Å². The molecular formula is C12H12BrClN2O4. The Kier molecular flexibility index (Phi) is 4.52. The monoisotopic (exact) mass is 362 g/mol. The third-order valence-electron chi connectivity index (χ3n) is 2.99. The minimum atomic E-state index is -1.14. The second-order valence-electron chi connectivity index (χ2n) is 4.45. The maximum absolute atomic E-state index is 12.1. The maximum Gasteiger partial charge on any atom is 0.326 e. The number of carboxylic acids is 1. The van der Waals surface area contributed by atoms with E-state index in [1.165, 1.54) is 0 Å². The highest BCUT2D eigenvalue weighted by Gasteiger charge is 2.39. The van der Waals surface area contributed by atoms with Gasteiger partial charge in [0.15, 0.2) is 0 Å². The number of anilines is 1. The molecule has 0 spiro atoms. The van der Waals surface area contributed by atoms with Gasteiger partial charge in [-0.05, 0) is 18.2 Å². The minimum Gasteiger partial charge on any atom is -0.480 e. The van der Waals surface area contributed by atoms with Crippen molar-refractivity contribution in [2.75, 3.05) is 11.9 Å². The SMILES string of the molecule is O=C(O)C1CC(O)CN1C(=O)Nc1cc(Br)ccc1Cl. The summed E-state index contributed by atoms with van der Waals surface area (Å²) in [5.41, 5.74) is 0.372. The molecule has 1 aromatic rings. The number of carbonyl (C=O) groups excluding carboxylic acids is 1. The van der Waals surface area contributed by atoms with Gasteiger partial charge in [-0.2, -0.15) is 0 Å². The molecule has 108 valence electrons. The van der Waals surface area contributed by atoms with E-state index in [2.05, 4.69) is 21.2 Å². The highest BCUT2D eigenvalue weighted by molar-refractivity contribution is 9.10. The first kappa shape index (κ1) is 15.1. The Morgan fingerprint density at radius 2 is 2.15 bits per heavy atom. The zero-order valence-corrected chi connectivity index (χ0v) is 12.6. The van der Waals surface area contributed by atoms with Gasteiger partial charge in [0.2, 0.25) is 0 Å². The van der Waals surface area contributed by atoms with Crippen LogP contribution >= 0.6 is 27.5 Å². The van der Waals surface area contributed by atoms with Crippen LogP contribution in [0.25, 0.3) is 0 Å². The number of aliphatic hydroxyl groups is 1. The van der Waals surface area contributed by atoms with Gasteiger partial charge in [0.25, 0.3) is 0 Å². The zero-order chi connectivity index (χ0) is 14.9. The first-order valence-electron chi connectivity index (χ1n) is 5.82. The molecule has 1 aliphatic heterocycles. The molecule has 6 nitrogen and oxygen atoms in total. The summed E-state index contributed by atoms with van der Waals surface area (Å²) < 4.78 is 0.730. The van der Waals surface area contributed by atoms with Crippen LogP contribution in [0.15, 0.2) is 22.7 Å². The fraction of sp³-hybridized carbons (Fsp3) is 0.333. The first-order valence-corrected chi connectivity index (χ1v) is 6.99. The van der Waals surface area contributed by atoms with Gasteiger partial charge in [-0.25, -0.2) is 9.59 Å². The van der Waals surface area contributed by atoms with Gasteiger partial charge in [0, 0.05) is 17.4 Å². The second kappa shape index (κ2) is 5.99. The van der Waals surface area contributed by atoms with Crippen LogP contribution in [0.4, 0.5) is 10.5 Å². The van der Waals surface area contributed by atoms with Crippen LogP contribution in [0, 0.1) is 0 Å². The van der Waals surface area contributed by atoms with Crippen molar-refractivity contribution in [2.45, 2.75) is 18.6 Å². The number of benzene rings is 1. The summed E-state index contributed by atoms with van der Waals surface area (Å²) in [7, 11) is 0. The number of nitrogens with zero attached hydrogens (tertiary/aromatic N) is 1. The van der Waals surface area contributed by atoms with Crippen molar-refractivity contribution >= 4 is 45.2 Å². The van der Waals surface area contributed by atoms with Crippen molar-refractivity contribution in [3.8, 4) is 0 Å². The number of hydrogen-bond donors (Lipinski definition) is 3. The minimum absolute atomic E-state index is 0.0194. The number of halogens is 2. The molecule has 0 radical (unpaired) electrons. The van der Waals surface area contributed by atoms with Crippen LogP contribution < -0.4 is 5.32 Å². The third-order valence-corrected chi connectivity index (χ3v) is 3.82. The number of carbonyl (C=O) groups is 2. The molecule has 1 heterocycles. The summed E-state index contributed by atoms with van der Waals surface area (Å²) in [6.07, 6.45) is -0.811. The van der Waals surface area contributed by atoms with E-state index in [1.807, 2.05) is 0 Å². The molecule has 1 aromatic carbocycles. The van der Waals surface area contributed by atoms with E-state index < -0.39 is 24.1 Å². The predicted octanol–water partition coefficient (Wildman–Crippen LogP) is 2.15. The van der Waals surface area contributed by atoms with E-state index in [0.29, 0.717) is 10.7 Å². The average Bonchev–Trinajstić information content (AvgIpc) is 2.76. The van der Waals surface area contributed by atoms with E-state index >= 15 is 0 Å². The van der Waals surface area contributed by atoms with Crippen molar-refractivity contribution in [3.05, 3.63) is 27.7 Å². The quantitative estimate of drug-likeness (QED) is 0.751. The normalized spacial score (nSPS) is 21.9. The summed E-state index contributed by atoms with van der Waals surface area (Å²) in [6.45, 7) is -0.0194. The number of hydrogen-bond acceptors (Lipinski definition) is 3. The molecule has 2 atom stereocenters. The standard InChI is InChI=1S/C12H12BrClN2O4/c13-6-1-2-8(14)9(3-6)15-12(20)16-5-7(17)4-10(16)11(18)19/h1-3,7,10,17H,4-5H2,(H,15,20)(H,18,19). The molecule has 0 aliphatic carbocycles. The van der Waals surface area contributed by atoms with Gasteiger partial charge >= 0.3 is 12.0 Å². The molecule has 3 N–H and O–H groups in total. The van der Waals surface area contributed by atoms with Gasteiger partial charge in [-0.15, -0.1) is 0 Å². The molecule has 2 unspecified atom stereocenters. The van der Waals surface area contributed by atoms with E-state index in [-0.39, 0.29) is 13.0 Å². The molecule has 2 amide bonds. The lowest BCUT2D eigenvalue weighted by Crippen LogP contribution is -2.43. The van der Waals surface area contributed by atoms with Crippen molar-refractivity contribution in [1.29, 1.82) is 0 Å². The summed E-state index contributed by atoms with van der Waals surface area (Å²) in [5, 5.41) is 21.5. The topological polar surface area (TPSA) is 89.9 Å². The van der Waals surface area contributed by atoms with Crippen LogP contribution in [-0.4, -0.2) is 45.8 Å². The smallest absolute Gasteiger partial charge is 0.326 e. The Bertz CT molecular complexity index is 554. The van der Waals surface area contributed by atoms with Crippen LogP contribution in [0.2, 0.25) is 5.02 Å². The lowest BCUT2D eigenvalue weighted by Gasteiger charge is -2.22. The van der Waals surface area contributed by atoms with Crippen LogP contribution in [0.1, 0.15) is 6.42 Å². The largest absolute Gasteiger partial charge is 0.480 e. The number of amides is 2. The van der Waals surface area contributed by atoms with E-state index in [1.54, 1.807) is 18.2 Å². The molecule has 1 saturated heterocycles. The molecule has 1 aliphatic rings. The van der Waals surface area contributed by atoms with E-state index in [9.17, 15) is 14.7 Å². The highest BCUT2D eigenvalue weighted by atomic mass is 79.9. The van der Waals surface area contributed by atoms with Gasteiger partial charge < -0.3 is 20.4 Å². The fourth-order valence-corrected chi connectivity index (χ4v) is 2.58. The maximum atomic E-state index is 12.1. The molecule has 1 fully saturated rings. The number of urea groups is 1. The van der Waals surface area contributed by atoms with Crippen molar-refractivity contribution in [2.24, 2.45) is 0 Å². The van der Waals surface area contributed by atoms with Crippen molar-refractivity contribution < 1.29 is 19.8 Å². The molecular weight excluding hydrogens is 351 g/mol. The van der Waals surface area contributed by atoms with Crippen molar-refractivity contribution in [3.63, 3.8) is 0 Å². The van der Waals surface area contributed by atoms with Crippen molar-refractivity contribution in [1.82, 2.24) is 4.90 Å². The zero-order valence-electron chi connectivity index (χ0n) is 10.2. The number of β-amino-alcohol motifs (C(OH)–C–C–N with tert-alkyl or cyclic N) is 1. The van der Waals surface area contributed by atoms with Crippen LogP contribution in [0.5, 0.6) is 0 Å². The first-order chi connectivity index (χ1) is 9.38. The Morgan fingerprint density at radius 3 is 2.80 bits per heavy atom. The number of aliphatic carboxylic acids is 1. The van der Waals surface area contributed by atoms with Crippen LogP contribution in [-0.2, 0) is 4.79 Å². The molecule has 0 aromatic heterocycles. The molecule has 0 bridgehead atoms. The second-order valence-corrected chi connectivity index (χ2v) is 5.77. The molecule has 20 heavy (non-hydrogen) atoms. The molecule has 0 saturated carbocycles. The number of aliphatic hydroxyl groups excluding tert-OH is 1. The Hall–Kier alpha value is -1.31.